The van der Waals surface area contributed by atoms with Gasteiger partial charge in [0.2, 0.25) is 0 Å². The smallest absolute Gasteiger partial charge is 0.125 e. The van der Waals surface area contributed by atoms with E-state index in [1.807, 2.05) is 6.92 Å². The van der Waals surface area contributed by atoms with Gasteiger partial charge in [0, 0.05) is 4.47 Å². The average molecular weight is 272 g/mol. The number of rotatable bonds is 4. The van der Waals surface area contributed by atoms with Crippen molar-refractivity contribution < 1.29 is 4.74 Å². The first-order valence-corrected chi connectivity index (χ1v) is 6.02. The van der Waals surface area contributed by atoms with Crippen LogP contribution in [0.2, 0.25) is 0 Å². The van der Waals surface area contributed by atoms with Gasteiger partial charge in [-0.2, -0.15) is 0 Å². The summed E-state index contributed by atoms with van der Waals surface area (Å²) < 4.78 is 6.75. The summed E-state index contributed by atoms with van der Waals surface area (Å²) in [6, 6.07) is 4.16. The molecule has 0 fully saturated rings. The van der Waals surface area contributed by atoms with Gasteiger partial charge in [0.1, 0.15) is 5.75 Å². The summed E-state index contributed by atoms with van der Waals surface area (Å²) in [5.41, 5.74) is 8.04. The zero-order chi connectivity index (χ0) is 11.4. The lowest BCUT2D eigenvalue weighted by Crippen LogP contribution is -2.11. The molecule has 0 saturated heterocycles. The van der Waals surface area contributed by atoms with Crippen LogP contribution in [0.5, 0.6) is 5.75 Å². The topological polar surface area (TPSA) is 35.2 Å². The number of ether oxygens (including phenoxy) is 1. The fraction of sp³-hybridized carbons (Fsp3) is 0.500. The fourth-order valence-corrected chi connectivity index (χ4v) is 2.18. The molecule has 0 aliphatic rings. The SMILES string of the molecule is CCOc1c(C)cc(Br)cc1C(C)CN. The molecule has 0 saturated carbocycles. The summed E-state index contributed by atoms with van der Waals surface area (Å²) in [7, 11) is 0. The molecule has 1 aromatic carbocycles. The van der Waals surface area contributed by atoms with E-state index in [1.54, 1.807) is 0 Å². The molecule has 0 bridgehead atoms. The third-order valence-electron chi connectivity index (χ3n) is 2.44. The Morgan fingerprint density at radius 1 is 1.47 bits per heavy atom. The quantitative estimate of drug-likeness (QED) is 0.913. The van der Waals surface area contributed by atoms with E-state index < -0.39 is 0 Å². The molecule has 0 aliphatic heterocycles. The Bertz CT molecular complexity index is 339. The van der Waals surface area contributed by atoms with Crippen molar-refractivity contribution in [1.29, 1.82) is 0 Å². The summed E-state index contributed by atoms with van der Waals surface area (Å²) in [5, 5.41) is 0. The van der Waals surface area contributed by atoms with Gasteiger partial charge in [-0.25, -0.2) is 0 Å². The number of hydrogen-bond donors (Lipinski definition) is 1. The second kappa shape index (κ2) is 5.52. The third kappa shape index (κ3) is 2.95. The Kier molecular flexibility index (Phi) is 4.61. The van der Waals surface area contributed by atoms with Crippen molar-refractivity contribution in [3.8, 4) is 5.75 Å². The second-order valence-electron chi connectivity index (χ2n) is 3.71. The van der Waals surface area contributed by atoms with Gasteiger partial charge in [0.05, 0.1) is 6.61 Å². The molecule has 0 aromatic heterocycles. The summed E-state index contributed by atoms with van der Waals surface area (Å²) in [6.45, 7) is 7.49. The molecule has 15 heavy (non-hydrogen) atoms. The van der Waals surface area contributed by atoms with E-state index in [0.717, 1.165) is 15.8 Å². The van der Waals surface area contributed by atoms with Crippen LogP contribution in [0.4, 0.5) is 0 Å². The third-order valence-corrected chi connectivity index (χ3v) is 2.90. The predicted molar refractivity (Wildman–Crippen MR) is 67.5 cm³/mol. The Balaban J connectivity index is 3.20. The van der Waals surface area contributed by atoms with Crippen LogP contribution in [0.25, 0.3) is 0 Å². The zero-order valence-corrected chi connectivity index (χ0v) is 11.1. The molecule has 2 nitrogen and oxygen atoms in total. The summed E-state index contributed by atoms with van der Waals surface area (Å²) in [6.07, 6.45) is 0. The van der Waals surface area contributed by atoms with Gasteiger partial charge in [-0.15, -0.1) is 0 Å². The maximum absolute atomic E-state index is 5.70. The van der Waals surface area contributed by atoms with Crippen molar-refractivity contribution in [3.05, 3.63) is 27.7 Å². The molecule has 1 aromatic rings. The number of nitrogens with two attached hydrogens (primary N) is 1. The van der Waals surface area contributed by atoms with E-state index in [-0.39, 0.29) is 0 Å². The summed E-state index contributed by atoms with van der Waals surface area (Å²) in [5.74, 6) is 1.31. The minimum atomic E-state index is 0.322. The monoisotopic (exact) mass is 271 g/mol. The molecule has 0 heterocycles. The molecular formula is C12H18BrNO. The lowest BCUT2D eigenvalue weighted by molar-refractivity contribution is 0.332. The normalized spacial score (nSPS) is 12.6. The van der Waals surface area contributed by atoms with E-state index in [4.69, 9.17) is 10.5 Å². The van der Waals surface area contributed by atoms with Crippen molar-refractivity contribution >= 4 is 15.9 Å². The largest absolute Gasteiger partial charge is 0.493 e. The Labute approximate surface area is 99.9 Å². The van der Waals surface area contributed by atoms with Gasteiger partial charge >= 0.3 is 0 Å². The first-order valence-electron chi connectivity index (χ1n) is 5.23. The maximum Gasteiger partial charge on any atom is 0.125 e. The van der Waals surface area contributed by atoms with Gasteiger partial charge in [0.25, 0.3) is 0 Å². The molecule has 0 amide bonds. The Hall–Kier alpha value is -0.540. The average Bonchev–Trinajstić information content (AvgIpc) is 2.20. The van der Waals surface area contributed by atoms with Gasteiger partial charge < -0.3 is 10.5 Å². The summed E-state index contributed by atoms with van der Waals surface area (Å²) in [4.78, 5) is 0. The number of benzene rings is 1. The highest BCUT2D eigenvalue weighted by Gasteiger charge is 2.13. The zero-order valence-electron chi connectivity index (χ0n) is 9.51. The van der Waals surface area contributed by atoms with Gasteiger partial charge in [0.15, 0.2) is 0 Å². The minimum Gasteiger partial charge on any atom is -0.493 e. The van der Waals surface area contributed by atoms with Crippen molar-refractivity contribution in [2.45, 2.75) is 26.7 Å². The summed E-state index contributed by atoms with van der Waals surface area (Å²) >= 11 is 3.50. The molecule has 1 unspecified atom stereocenters. The van der Waals surface area contributed by atoms with Crippen LogP contribution in [0, 0.1) is 6.92 Å². The van der Waals surface area contributed by atoms with E-state index >= 15 is 0 Å². The molecule has 0 radical (unpaired) electrons. The lowest BCUT2D eigenvalue weighted by Gasteiger charge is -2.17. The Morgan fingerprint density at radius 2 is 2.13 bits per heavy atom. The van der Waals surface area contributed by atoms with Gasteiger partial charge in [-0.1, -0.05) is 22.9 Å². The molecule has 1 rings (SSSR count). The first kappa shape index (κ1) is 12.5. The van der Waals surface area contributed by atoms with Crippen LogP contribution >= 0.6 is 15.9 Å². The maximum atomic E-state index is 5.70. The van der Waals surface area contributed by atoms with Gasteiger partial charge in [-0.05, 0) is 49.6 Å². The molecule has 2 N–H and O–H groups in total. The minimum absolute atomic E-state index is 0.322. The van der Waals surface area contributed by atoms with E-state index in [1.165, 1.54) is 5.56 Å². The van der Waals surface area contributed by atoms with Crippen molar-refractivity contribution in [2.24, 2.45) is 5.73 Å². The van der Waals surface area contributed by atoms with Crippen LogP contribution in [-0.2, 0) is 0 Å². The highest BCUT2D eigenvalue weighted by molar-refractivity contribution is 9.10. The van der Waals surface area contributed by atoms with Crippen LogP contribution in [0.3, 0.4) is 0 Å². The van der Waals surface area contributed by atoms with Crippen molar-refractivity contribution in [3.63, 3.8) is 0 Å². The Morgan fingerprint density at radius 3 is 2.67 bits per heavy atom. The van der Waals surface area contributed by atoms with Crippen LogP contribution < -0.4 is 10.5 Å². The number of hydrogen-bond acceptors (Lipinski definition) is 2. The molecule has 84 valence electrons. The molecule has 3 heteroatoms. The number of aryl methyl sites for hydroxylation is 1. The molecule has 0 spiro atoms. The molecule has 0 aliphatic carbocycles. The fourth-order valence-electron chi connectivity index (χ4n) is 1.59. The van der Waals surface area contributed by atoms with Crippen molar-refractivity contribution in [1.82, 2.24) is 0 Å². The van der Waals surface area contributed by atoms with Gasteiger partial charge in [-0.3, -0.25) is 0 Å². The predicted octanol–water partition coefficient (Wildman–Crippen LogP) is 3.22. The first-order chi connectivity index (χ1) is 7.10. The number of halogens is 1. The van der Waals surface area contributed by atoms with E-state index in [2.05, 4.69) is 41.9 Å². The standard InChI is InChI=1S/C12H18BrNO/c1-4-15-12-8(2)5-10(13)6-11(12)9(3)7-14/h5-6,9H,4,7,14H2,1-3H3. The van der Waals surface area contributed by atoms with Crippen LogP contribution in [0.1, 0.15) is 30.9 Å². The van der Waals surface area contributed by atoms with Crippen LogP contribution in [-0.4, -0.2) is 13.2 Å². The highest BCUT2D eigenvalue weighted by Crippen LogP contribution is 2.32. The van der Waals surface area contributed by atoms with E-state index in [9.17, 15) is 0 Å². The lowest BCUT2D eigenvalue weighted by atomic mass is 9.98. The van der Waals surface area contributed by atoms with E-state index in [0.29, 0.717) is 19.1 Å². The molecule has 1 atom stereocenters. The highest BCUT2D eigenvalue weighted by atomic mass is 79.9. The second-order valence-corrected chi connectivity index (χ2v) is 4.63. The molecular weight excluding hydrogens is 254 g/mol. The van der Waals surface area contributed by atoms with Crippen molar-refractivity contribution in [2.75, 3.05) is 13.2 Å². The van der Waals surface area contributed by atoms with Crippen LogP contribution in [0.15, 0.2) is 16.6 Å².